The summed E-state index contributed by atoms with van der Waals surface area (Å²) < 4.78 is 0. The fourth-order valence-corrected chi connectivity index (χ4v) is 3.78. The quantitative estimate of drug-likeness (QED) is 0.667. The Labute approximate surface area is 82.4 Å². The molecule has 1 heterocycles. The topological polar surface area (TPSA) is 0 Å². The summed E-state index contributed by atoms with van der Waals surface area (Å²) in [6.07, 6.45) is 6.24. The molecule has 0 bridgehead atoms. The van der Waals surface area contributed by atoms with Gasteiger partial charge in [0, 0.05) is 15.0 Å². The van der Waals surface area contributed by atoms with Crippen LogP contribution in [-0.2, 0) is 12.8 Å². The number of hydrogen-bond donors (Lipinski definition) is 0. The Kier molecular flexibility index (Phi) is 2.47. The number of hydrogen-bond acceptors (Lipinski definition) is 2. The van der Waals surface area contributed by atoms with Crippen molar-refractivity contribution < 1.29 is 0 Å². The molecule has 1 atom stereocenters. The number of fused-ring (bicyclic) bond motifs is 1. The van der Waals surface area contributed by atoms with Crippen LogP contribution in [0.1, 0.15) is 21.7 Å². The Bertz CT molecular complexity index is 275. The van der Waals surface area contributed by atoms with Crippen LogP contribution < -0.4 is 0 Å². The first kappa shape index (κ1) is 8.64. The van der Waals surface area contributed by atoms with Gasteiger partial charge in [0.2, 0.25) is 0 Å². The summed E-state index contributed by atoms with van der Waals surface area (Å²) >= 11 is 4.02. The summed E-state index contributed by atoms with van der Waals surface area (Å²) in [4.78, 5) is 3.14. The van der Waals surface area contributed by atoms with E-state index in [9.17, 15) is 0 Å². The van der Waals surface area contributed by atoms with Crippen LogP contribution >= 0.6 is 23.1 Å². The van der Waals surface area contributed by atoms with Crippen LogP contribution in [0.5, 0.6) is 0 Å². The number of thioether (sulfide) groups is 1. The SMILES string of the molecule is CSC1CCc2cc(C)sc2C1. The van der Waals surface area contributed by atoms with Gasteiger partial charge < -0.3 is 0 Å². The number of aryl methyl sites for hydroxylation is 2. The van der Waals surface area contributed by atoms with Gasteiger partial charge in [-0.2, -0.15) is 11.8 Å². The minimum absolute atomic E-state index is 0.885. The van der Waals surface area contributed by atoms with E-state index >= 15 is 0 Å². The molecule has 1 aromatic rings. The van der Waals surface area contributed by atoms with Crippen molar-refractivity contribution in [3.63, 3.8) is 0 Å². The van der Waals surface area contributed by atoms with Gasteiger partial charge >= 0.3 is 0 Å². The molecule has 2 rings (SSSR count). The molecule has 2 heteroatoms. The van der Waals surface area contributed by atoms with Crippen LogP contribution in [0, 0.1) is 6.92 Å². The van der Waals surface area contributed by atoms with Gasteiger partial charge in [0.25, 0.3) is 0 Å². The molecule has 1 aliphatic carbocycles. The van der Waals surface area contributed by atoms with E-state index in [4.69, 9.17) is 0 Å². The Morgan fingerprint density at radius 3 is 3.17 bits per heavy atom. The summed E-state index contributed by atoms with van der Waals surface area (Å²) in [6.45, 7) is 2.22. The summed E-state index contributed by atoms with van der Waals surface area (Å²) in [5, 5.41) is 0.885. The molecule has 0 N–H and O–H groups in total. The third-order valence-corrected chi connectivity index (χ3v) is 4.69. The molecule has 0 fully saturated rings. The van der Waals surface area contributed by atoms with Crippen molar-refractivity contribution in [2.24, 2.45) is 0 Å². The van der Waals surface area contributed by atoms with E-state index in [1.807, 2.05) is 23.1 Å². The second-order valence-corrected chi connectivity index (χ2v) is 5.88. The van der Waals surface area contributed by atoms with Gasteiger partial charge in [0.05, 0.1) is 0 Å². The summed E-state index contributed by atoms with van der Waals surface area (Å²) in [7, 11) is 0. The molecule has 0 aromatic carbocycles. The fraction of sp³-hybridized carbons (Fsp3) is 0.600. The highest BCUT2D eigenvalue weighted by Gasteiger charge is 2.19. The predicted molar refractivity (Wildman–Crippen MR) is 58.4 cm³/mol. The zero-order chi connectivity index (χ0) is 8.55. The van der Waals surface area contributed by atoms with E-state index in [0.717, 1.165) is 5.25 Å². The van der Waals surface area contributed by atoms with Crippen molar-refractivity contribution in [1.29, 1.82) is 0 Å². The first-order chi connectivity index (χ1) is 5.79. The highest BCUT2D eigenvalue weighted by molar-refractivity contribution is 7.99. The van der Waals surface area contributed by atoms with E-state index < -0.39 is 0 Å². The van der Waals surface area contributed by atoms with Crippen LogP contribution in [0.2, 0.25) is 0 Å². The van der Waals surface area contributed by atoms with Crippen molar-refractivity contribution in [3.05, 3.63) is 21.4 Å². The van der Waals surface area contributed by atoms with Crippen molar-refractivity contribution >= 4 is 23.1 Å². The van der Waals surface area contributed by atoms with Crippen molar-refractivity contribution in [3.8, 4) is 0 Å². The van der Waals surface area contributed by atoms with Crippen molar-refractivity contribution in [2.45, 2.75) is 31.4 Å². The minimum Gasteiger partial charge on any atom is -0.162 e. The highest BCUT2D eigenvalue weighted by atomic mass is 32.2. The Balaban J connectivity index is 2.22. The average molecular weight is 198 g/mol. The third-order valence-electron chi connectivity index (χ3n) is 2.50. The lowest BCUT2D eigenvalue weighted by molar-refractivity contribution is 0.715. The van der Waals surface area contributed by atoms with Gasteiger partial charge in [-0.1, -0.05) is 0 Å². The standard InChI is InChI=1S/C10H14S2/c1-7-5-8-3-4-9(11-2)6-10(8)12-7/h5,9H,3-4,6H2,1-2H3. The molecule has 66 valence electrons. The second-order valence-electron chi connectivity index (χ2n) is 3.41. The maximum atomic E-state index is 2.37. The summed E-state index contributed by atoms with van der Waals surface area (Å²) in [5.74, 6) is 0. The van der Waals surface area contributed by atoms with Gasteiger partial charge in [0.1, 0.15) is 0 Å². The number of rotatable bonds is 1. The van der Waals surface area contributed by atoms with Gasteiger partial charge in [-0.25, -0.2) is 0 Å². The van der Waals surface area contributed by atoms with E-state index in [1.165, 1.54) is 24.1 Å². The normalized spacial score (nSPS) is 22.3. The molecule has 0 amide bonds. The number of thiophene rings is 1. The van der Waals surface area contributed by atoms with Crippen LogP contribution in [0.3, 0.4) is 0 Å². The maximum Gasteiger partial charge on any atom is 0.00958 e. The molecule has 0 saturated carbocycles. The molecule has 0 radical (unpaired) electrons. The molecule has 1 unspecified atom stereocenters. The summed E-state index contributed by atoms with van der Waals surface area (Å²) in [5.41, 5.74) is 1.63. The van der Waals surface area contributed by atoms with E-state index in [2.05, 4.69) is 19.2 Å². The van der Waals surface area contributed by atoms with E-state index in [-0.39, 0.29) is 0 Å². The van der Waals surface area contributed by atoms with E-state index in [0.29, 0.717) is 0 Å². The molecule has 12 heavy (non-hydrogen) atoms. The highest BCUT2D eigenvalue weighted by Crippen LogP contribution is 2.32. The van der Waals surface area contributed by atoms with E-state index in [1.54, 1.807) is 10.4 Å². The molecular weight excluding hydrogens is 184 g/mol. The minimum atomic E-state index is 0.885. The predicted octanol–water partition coefficient (Wildman–Crippen LogP) is 3.28. The lowest BCUT2D eigenvalue weighted by atomic mass is 9.99. The Morgan fingerprint density at radius 1 is 1.58 bits per heavy atom. The largest absolute Gasteiger partial charge is 0.162 e. The molecular formula is C10H14S2. The van der Waals surface area contributed by atoms with Crippen LogP contribution in [0.4, 0.5) is 0 Å². The van der Waals surface area contributed by atoms with Gasteiger partial charge in [-0.15, -0.1) is 11.3 Å². The molecule has 0 aliphatic heterocycles. The van der Waals surface area contributed by atoms with Crippen molar-refractivity contribution in [2.75, 3.05) is 6.26 Å². The van der Waals surface area contributed by atoms with Crippen LogP contribution in [0.15, 0.2) is 6.07 Å². The van der Waals surface area contributed by atoms with Gasteiger partial charge in [0.15, 0.2) is 0 Å². The molecule has 0 spiro atoms. The lowest BCUT2D eigenvalue weighted by Crippen LogP contribution is -2.13. The monoisotopic (exact) mass is 198 g/mol. The maximum absolute atomic E-state index is 2.37. The fourth-order valence-electron chi connectivity index (χ4n) is 1.83. The zero-order valence-corrected chi connectivity index (χ0v) is 9.23. The smallest absolute Gasteiger partial charge is 0.00958 e. The first-order valence-corrected chi connectivity index (χ1v) is 6.51. The lowest BCUT2D eigenvalue weighted by Gasteiger charge is -2.19. The second kappa shape index (κ2) is 3.43. The molecule has 1 aliphatic rings. The van der Waals surface area contributed by atoms with Gasteiger partial charge in [-0.05, 0) is 44.1 Å². The van der Waals surface area contributed by atoms with Crippen LogP contribution in [-0.4, -0.2) is 11.5 Å². The molecule has 0 nitrogen and oxygen atoms in total. The van der Waals surface area contributed by atoms with Crippen LogP contribution in [0.25, 0.3) is 0 Å². The third kappa shape index (κ3) is 1.55. The molecule has 0 saturated heterocycles. The molecule has 1 aromatic heterocycles. The first-order valence-electron chi connectivity index (χ1n) is 4.40. The Hall–Kier alpha value is 0.0500. The van der Waals surface area contributed by atoms with Gasteiger partial charge in [-0.3, -0.25) is 0 Å². The summed E-state index contributed by atoms with van der Waals surface area (Å²) in [6, 6.07) is 2.37. The van der Waals surface area contributed by atoms with Crippen molar-refractivity contribution in [1.82, 2.24) is 0 Å². The average Bonchev–Trinajstić information content (AvgIpc) is 2.43. The Morgan fingerprint density at radius 2 is 2.42 bits per heavy atom. The zero-order valence-electron chi connectivity index (χ0n) is 7.59.